The average Bonchev–Trinajstić information content (AvgIpc) is 3.36. The Kier molecular flexibility index (Phi) is 4.36. The summed E-state index contributed by atoms with van der Waals surface area (Å²) in [6, 6.07) is 2.20. The summed E-state index contributed by atoms with van der Waals surface area (Å²) in [4.78, 5) is 18.4. The number of anilines is 2. The van der Waals surface area contributed by atoms with Gasteiger partial charge in [0.1, 0.15) is 5.82 Å². The Morgan fingerprint density at radius 2 is 2.03 bits per heavy atom. The van der Waals surface area contributed by atoms with Gasteiger partial charge < -0.3 is 20.3 Å². The molecule has 3 aliphatic rings. The quantitative estimate of drug-likeness (QED) is 0.644. The highest BCUT2D eigenvalue weighted by molar-refractivity contribution is 5.84. The third-order valence-corrected chi connectivity index (χ3v) is 7.49. The second-order valence-electron chi connectivity index (χ2n) is 9.18. The van der Waals surface area contributed by atoms with Gasteiger partial charge in [0, 0.05) is 50.0 Å². The number of aromatic nitrogens is 5. The number of H-pyrrole nitrogens is 1. The molecule has 2 fully saturated rings. The van der Waals surface area contributed by atoms with Crippen molar-refractivity contribution in [1.82, 2.24) is 25.1 Å². The van der Waals surface area contributed by atoms with Crippen molar-refractivity contribution < 1.29 is 4.74 Å². The van der Waals surface area contributed by atoms with E-state index < -0.39 is 0 Å². The van der Waals surface area contributed by atoms with Crippen molar-refractivity contribution in [1.29, 1.82) is 0 Å². The lowest BCUT2D eigenvalue weighted by molar-refractivity contribution is 0.0974. The molecule has 2 saturated heterocycles. The van der Waals surface area contributed by atoms with Crippen LogP contribution < -0.4 is 15.5 Å². The van der Waals surface area contributed by atoms with E-state index >= 15 is 0 Å². The lowest BCUT2D eigenvalue weighted by Crippen LogP contribution is -2.50. The largest absolute Gasteiger partial charge is 0.376 e. The SMILES string of the molecule is C[C@@H]1OCC2(CCN(c3cnc4c(N5CCc6cnccc6C5)n[nH]c4n3)CC2)[C@@H]1N. The molecule has 0 aromatic carbocycles. The van der Waals surface area contributed by atoms with E-state index in [1.165, 1.54) is 11.1 Å². The van der Waals surface area contributed by atoms with E-state index in [0.717, 1.165) is 74.8 Å². The maximum atomic E-state index is 6.46. The monoisotopic (exact) mass is 420 g/mol. The molecule has 0 amide bonds. The summed E-state index contributed by atoms with van der Waals surface area (Å²) in [5, 5.41) is 7.67. The summed E-state index contributed by atoms with van der Waals surface area (Å²) in [6.45, 7) is 6.41. The third-order valence-electron chi connectivity index (χ3n) is 7.49. The van der Waals surface area contributed by atoms with Crippen molar-refractivity contribution in [3.63, 3.8) is 0 Å². The first-order chi connectivity index (χ1) is 15.1. The second kappa shape index (κ2) is 7.13. The summed E-state index contributed by atoms with van der Waals surface area (Å²) < 4.78 is 5.85. The van der Waals surface area contributed by atoms with Crippen LogP contribution in [0.15, 0.2) is 24.7 Å². The number of fused-ring (bicyclic) bond motifs is 2. The van der Waals surface area contributed by atoms with E-state index in [1.54, 1.807) is 0 Å². The van der Waals surface area contributed by atoms with E-state index in [0.29, 0.717) is 0 Å². The molecule has 6 rings (SSSR count). The number of nitrogens with one attached hydrogen (secondary N) is 1. The van der Waals surface area contributed by atoms with Gasteiger partial charge in [0.2, 0.25) is 0 Å². The van der Waals surface area contributed by atoms with E-state index in [2.05, 4.69) is 38.0 Å². The number of nitrogens with two attached hydrogens (primary N) is 1. The minimum atomic E-state index is 0.106. The number of hydrogen-bond donors (Lipinski definition) is 2. The highest BCUT2D eigenvalue weighted by atomic mass is 16.5. The van der Waals surface area contributed by atoms with Crippen LogP contribution in [-0.4, -0.2) is 63.5 Å². The third kappa shape index (κ3) is 3.06. The van der Waals surface area contributed by atoms with Crippen LogP contribution in [0.5, 0.6) is 0 Å². The summed E-state index contributed by atoms with van der Waals surface area (Å²) in [5.41, 5.74) is 10.7. The smallest absolute Gasteiger partial charge is 0.179 e. The fraction of sp³-hybridized carbons (Fsp3) is 0.545. The molecular weight excluding hydrogens is 392 g/mol. The Balaban J connectivity index is 1.20. The van der Waals surface area contributed by atoms with Crippen molar-refractivity contribution in [2.45, 2.75) is 44.9 Å². The second-order valence-corrected chi connectivity index (χ2v) is 9.18. The minimum Gasteiger partial charge on any atom is -0.376 e. The van der Waals surface area contributed by atoms with Crippen molar-refractivity contribution in [2.75, 3.05) is 36.0 Å². The molecule has 1 spiro atoms. The molecule has 3 aromatic rings. The first-order valence-electron chi connectivity index (χ1n) is 11.1. The van der Waals surface area contributed by atoms with E-state index in [9.17, 15) is 0 Å². The van der Waals surface area contributed by atoms with Crippen molar-refractivity contribution >= 4 is 22.8 Å². The molecule has 6 heterocycles. The number of aromatic amines is 1. The van der Waals surface area contributed by atoms with Crippen LogP contribution >= 0.6 is 0 Å². The number of hydrogen-bond acceptors (Lipinski definition) is 8. The Morgan fingerprint density at radius 3 is 2.84 bits per heavy atom. The lowest BCUT2D eigenvalue weighted by atomic mass is 9.73. The van der Waals surface area contributed by atoms with Crippen molar-refractivity contribution in [3.05, 3.63) is 35.8 Å². The van der Waals surface area contributed by atoms with Crippen LogP contribution in [0, 0.1) is 5.41 Å². The van der Waals surface area contributed by atoms with Crippen LogP contribution in [-0.2, 0) is 17.7 Å². The standard InChI is InChI=1S/C22H28N8O/c1-14-19(23)22(13-31-14)4-8-29(9-5-22)17-11-25-18-20(26-17)27-28-21(18)30-7-3-15-10-24-6-2-16(15)12-30/h2,6,10-11,14,19H,3-5,7-9,12-13,23H2,1H3,(H,26,27,28)/t14-,19+/m0/s1. The maximum absolute atomic E-state index is 6.46. The topological polar surface area (TPSA) is 109 Å². The highest BCUT2D eigenvalue weighted by Crippen LogP contribution is 2.41. The number of rotatable bonds is 2. The molecule has 2 atom stereocenters. The zero-order chi connectivity index (χ0) is 21.0. The highest BCUT2D eigenvalue weighted by Gasteiger charge is 2.47. The first kappa shape index (κ1) is 18.9. The first-order valence-corrected chi connectivity index (χ1v) is 11.1. The normalized spacial score (nSPS) is 25.4. The van der Waals surface area contributed by atoms with Gasteiger partial charge in [0.15, 0.2) is 17.0 Å². The van der Waals surface area contributed by atoms with Gasteiger partial charge in [-0.15, -0.1) is 0 Å². The van der Waals surface area contributed by atoms with Crippen LogP contribution in [0.2, 0.25) is 0 Å². The molecule has 0 aliphatic carbocycles. The number of nitrogens with zero attached hydrogens (tertiary/aromatic N) is 6. The van der Waals surface area contributed by atoms with Crippen LogP contribution in [0.3, 0.4) is 0 Å². The molecule has 3 aromatic heterocycles. The van der Waals surface area contributed by atoms with Crippen LogP contribution in [0.25, 0.3) is 11.2 Å². The summed E-state index contributed by atoms with van der Waals surface area (Å²) >= 11 is 0. The van der Waals surface area contributed by atoms with Gasteiger partial charge in [-0.25, -0.2) is 9.97 Å². The fourth-order valence-corrected chi connectivity index (χ4v) is 5.36. The van der Waals surface area contributed by atoms with E-state index in [1.807, 2.05) is 18.6 Å². The molecule has 0 unspecified atom stereocenters. The predicted molar refractivity (Wildman–Crippen MR) is 118 cm³/mol. The summed E-state index contributed by atoms with van der Waals surface area (Å²) in [7, 11) is 0. The number of piperidine rings is 1. The van der Waals surface area contributed by atoms with Crippen LogP contribution in [0.4, 0.5) is 11.6 Å². The Bertz CT molecular complexity index is 1110. The molecule has 162 valence electrons. The zero-order valence-electron chi connectivity index (χ0n) is 17.8. The maximum Gasteiger partial charge on any atom is 0.179 e. The molecule has 0 radical (unpaired) electrons. The van der Waals surface area contributed by atoms with Crippen molar-refractivity contribution in [2.24, 2.45) is 11.1 Å². The van der Waals surface area contributed by atoms with E-state index in [4.69, 9.17) is 20.4 Å². The van der Waals surface area contributed by atoms with Gasteiger partial charge in [-0.05, 0) is 43.4 Å². The predicted octanol–water partition coefficient (Wildman–Crippen LogP) is 1.64. The molecule has 9 heteroatoms. The lowest BCUT2D eigenvalue weighted by Gasteiger charge is -2.41. The zero-order valence-corrected chi connectivity index (χ0v) is 17.8. The summed E-state index contributed by atoms with van der Waals surface area (Å²) in [5.74, 6) is 1.77. The fourth-order valence-electron chi connectivity index (χ4n) is 5.36. The van der Waals surface area contributed by atoms with Gasteiger partial charge >= 0.3 is 0 Å². The molecular formula is C22H28N8O. The molecule has 0 bridgehead atoms. The molecule has 9 nitrogen and oxygen atoms in total. The molecule has 3 N–H and O–H groups in total. The van der Waals surface area contributed by atoms with Crippen LogP contribution in [0.1, 0.15) is 30.9 Å². The van der Waals surface area contributed by atoms with Crippen molar-refractivity contribution in [3.8, 4) is 0 Å². The molecule has 31 heavy (non-hydrogen) atoms. The average molecular weight is 421 g/mol. The van der Waals surface area contributed by atoms with Gasteiger partial charge in [0.05, 0.1) is 18.9 Å². The minimum absolute atomic E-state index is 0.106. The van der Waals surface area contributed by atoms with Gasteiger partial charge in [0.25, 0.3) is 0 Å². The molecule has 0 saturated carbocycles. The Hall–Kier alpha value is -2.78. The summed E-state index contributed by atoms with van der Waals surface area (Å²) in [6.07, 6.45) is 8.85. The number of pyridine rings is 1. The number of ether oxygens (including phenoxy) is 1. The molecule has 3 aliphatic heterocycles. The van der Waals surface area contributed by atoms with Gasteiger partial charge in [-0.2, -0.15) is 5.10 Å². The Labute approximate surface area is 181 Å². The Morgan fingerprint density at radius 1 is 1.16 bits per heavy atom. The van der Waals surface area contributed by atoms with Gasteiger partial charge in [-0.3, -0.25) is 10.1 Å². The van der Waals surface area contributed by atoms with E-state index in [-0.39, 0.29) is 17.6 Å². The van der Waals surface area contributed by atoms with Gasteiger partial charge in [-0.1, -0.05) is 0 Å².